The van der Waals surface area contributed by atoms with Gasteiger partial charge in [-0.1, -0.05) is 29.8 Å². The summed E-state index contributed by atoms with van der Waals surface area (Å²) in [6.45, 7) is 2.04. The predicted octanol–water partition coefficient (Wildman–Crippen LogP) is 3.88. The first kappa shape index (κ1) is 11.9. The van der Waals surface area contributed by atoms with Crippen molar-refractivity contribution in [1.29, 1.82) is 0 Å². The fourth-order valence-corrected chi connectivity index (χ4v) is 2.14. The van der Waals surface area contributed by atoms with Crippen molar-refractivity contribution in [3.63, 3.8) is 0 Å². The molecule has 3 rings (SSSR count). The fraction of sp³-hybridized carbons (Fsp3) is 0.0714. The van der Waals surface area contributed by atoms with Gasteiger partial charge in [0.2, 0.25) is 0 Å². The van der Waals surface area contributed by atoms with Crippen molar-refractivity contribution in [2.75, 3.05) is 5.73 Å². The van der Waals surface area contributed by atoms with E-state index in [-0.39, 0.29) is 0 Å². The molecule has 5 heteroatoms. The van der Waals surface area contributed by atoms with Gasteiger partial charge in [-0.15, -0.1) is 0 Å². The fourth-order valence-electron chi connectivity index (χ4n) is 2.00. The third-order valence-electron chi connectivity index (χ3n) is 2.95. The summed E-state index contributed by atoms with van der Waals surface area (Å²) in [5, 5.41) is 7.27. The van der Waals surface area contributed by atoms with E-state index in [2.05, 4.69) is 10.2 Å². The summed E-state index contributed by atoms with van der Waals surface area (Å²) in [5.74, 6) is 1.05. The molecule has 4 nitrogen and oxygen atoms in total. The maximum atomic E-state index is 5.94. The number of nitrogens with zero attached hydrogens (tertiary/aromatic N) is 1. The van der Waals surface area contributed by atoms with Crippen molar-refractivity contribution >= 4 is 17.4 Å². The van der Waals surface area contributed by atoms with E-state index in [0.29, 0.717) is 16.8 Å². The van der Waals surface area contributed by atoms with E-state index in [4.69, 9.17) is 21.8 Å². The Hall–Kier alpha value is -2.20. The number of hydrogen-bond acceptors (Lipinski definition) is 3. The Morgan fingerprint density at radius 3 is 2.53 bits per heavy atom. The summed E-state index contributed by atoms with van der Waals surface area (Å²) in [6, 6.07) is 11.5. The molecule has 1 aromatic carbocycles. The molecule has 0 aliphatic heterocycles. The van der Waals surface area contributed by atoms with Gasteiger partial charge < -0.3 is 10.2 Å². The number of aromatic nitrogens is 2. The predicted molar refractivity (Wildman–Crippen MR) is 75.9 cm³/mol. The first-order valence-electron chi connectivity index (χ1n) is 5.82. The minimum absolute atomic E-state index is 0.332. The second-order valence-corrected chi connectivity index (χ2v) is 4.70. The summed E-state index contributed by atoms with van der Waals surface area (Å²) in [4.78, 5) is 0. The van der Waals surface area contributed by atoms with Gasteiger partial charge in [0.05, 0.1) is 5.56 Å². The molecular formula is C14H12ClN3O. The Morgan fingerprint density at radius 2 is 1.89 bits per heavy atom. The molecule has 2 heterocycles. The molecule has 0 spiro atoms. The summed E-state index contributed by atoms with van der Waals surface area (Å²) in [5.41, 5.74) is 9.67. The minimum atomic E-state index is 0.332. The number of anilines is 1. The van der Waals surface area contributed by atoms with Crippen LogP contribution in [0.4, 0.5) is 5.82 Å². The molecule has 0 aliphatic rings. The highest BCUT2D eigenvalue weighted by molar-refractivity contribution is 6.29. The first-order chi connectivity index (χ1) is 9.15. The van der Waals surface area contributed by atoms with E-state index in [9.17, 15) is 0 Å². The van der Waals surface area contributed by atoms with Crippen LogP contribution in [-0.4, -0.2) is 10.2 Å². The molecule has 0 fully saturated rings. The number of halogens is 1. The van der Waals surface area contributed by atoms with Gasteiger partial charge in [-0.2, -0.15) is 5.10 Å². The Bertz CT molecular complexity index is 713. The van der Waals surface area contributed by atoms with Gasteiger partial charge in [-0.3, -0.25) is 5.10 Å². The average Bonchev–Trinajstić information content (AvgIpc) is 2.97. The number of benzene rings is 1. The third kappa shape index (κ3) is 2.11. The number of H-pyrrole nitrogens is 1. The average molecular weight is 274 g/mol. The maximum absolute atomic E-state index is 5.94. The molecule has 0 radical (unpaired) electrons. The number of nitrogens with one attached hydrogen (secondary N) is 1. The van der Waals surface area contributed by atoms with Gasteiger partial charge in [0.25, 0.3) is 0 Å². The molecule has 19 heavy (non-hydrogen) atoms. The van der Waals surface area contributed by atoms with Gasteiger partial charge in [0.1, 0.15) is 5.69 Å². The molecule has 0 amide bonds. The van der Waals surface area contributed by atoms with Gasteiger partial charge in [-0.05, 0) is 36.2 Å². The number of nitrogen functional groups attached to an aromatic ring is 1. The van der Waals surface area contributed by atoms with Crippen LogP contribution in [0.5, 0.6) is 0 Å². The Labute approximate surface area is 115 Å². The van der Waals surface area contributed by atoms with Crippen LogP contribution >= 0.6 is 11.6 Å². The second-order valence-electron chi connectivity index (χ2n) is 4.33. The van der Waals surface area contributed by atoms with Gasteiger partial charge in [0.15, 0.2) is 16.8 Å². The molecule has 3 N–H and O–H groups in total. The van der Waals surface area contributed by atoms with Crippen LogP contribution in [-0.2, 0) is 0 Å². The quantitative estimate of drug-likeness (QED) is 0.744. The van der Waals surface area contributed by atoms with E-state index in [1.165, 1.54) is 5.56 Å². The van der Waals surface area contributed by atoms with Crippen molar-refractivity contribution in [2.24, 2.45) is 0 Å². The van der Waals surface area contributed by atoms with Crippen molar-refractivity contribution in [3.05, 3.63) is 47.2 Å². The lowest BCUT2D eigenvalue weighted by molar-refractivity contribution is 0.582. The molecule has 0 bridgehead atoms. The van der Waals surface area contributed by atoms with E-state index in [0.717, 1.165) is 16.8 Å². The number of rotatable bonds is 2. The first-order valence-corrected chi connectivity index (χ1v) is 6.19. The monoisotopic (exact) mass is 273 g/mol. The van der Waals surface area contributed by atoms with E-state index in [1.54, 1.807) is 12.1 Å². The number of nitrogens with two attached hydrogens (primary N) is 1. The van der Waals surface area contributed by atoms with Crippen molar-refractivity contribution in [1.82, 2.24) is 10.2 Å². The van der Waals surface area contributed by atoms with Crippen LogP contribution in [0, 0.1) is 6.92 Å². The Kier molecular flexibility index (Phi) is 2.80. The molecule has 3 aromatic rings. The highest BCUT2D eigenvalue weighted by atomic mass is 35.5. The zero-order valence-electron chi connectivity index (χ0n) is 10.3. The Balaban J connectivity index is 2.16. The lowest BCUT2D eigenvalue weighted by Gasteiger charge is -2.03. The molecule has 0 aliphatic carbocycles. The van der Waals surface area contributed by atoms with Crippen molar-refractivity contribution < 1.29 is 4.42 Å². The van der Waals surface area contributed by atoms with Gasteiger partial charge >= 0.3 is 0 Å². The summed E-state index contributed by atoms with van der Waals surface area (Å²) in [6.07, 6.45) is 0. The van der Waals surface area contributed by atoms with Crippen molar-refractivity contribution in [3.8, 4) is 22.6 Å². The normalized spacial score (nSPS) is 10.8. The van der Waals surface area contributed by atoms with Crippen LogP contribution in [0.25, 0.3) is 22.6 Å². The molecule has 96 valence electrons. The smallest absolute Gasteiger partial charge is 0.194 e. The molecule has 0 unspecified atom stereocenters. The zero-order valence-corrected chi connectivity index (χ0v) is 11.0. The second kappa shape index (κ2) is 4.48. The number of furan rings is 1. The standard InChI is InChI=1S/C14H12ClN3O/c1-8-2-4-9(5-3-8)12-13(17-18-14(12)16)10-6-7-11(15)19-10/h2-7H,1H3,(H3,16,17,18). The summed E-state index contributed by atoms with van der Waals surface area (Å²) >= 11 is 5.80. The highest BCUT2D eigenvalue weighted by Gasteiger charge is 2.17. The van der Waals surface area contributed by atoms with E-state index in [1.807, 2.05) is 31.2 Å². The largest absolute Gasteiger partial charge is 0.443 e. The number of aryl methyl sites for hydroxylation is 1. The van der Waals surface area contributed by atoms with Crippen LogP contribution in [0.2, 0.25) is 5.22 Å². The molecule has 0 saturated heterocycles. The summed E-state index contributed by atoms with van der Waals surface area (Å²) in [7, 11) is 0. The molecule has 0 saturated carbocycles. The topological polar surface area (TPSA) is 67.8 Å². The Morgan fingerprint density at radius 1 is 1.16 bits per heavy atom. The summed E-state index contributed by atoms with van der Waals surface area (Å²) < 4.78 is 5.41. The maximum Gasteiger partial charge on any atom is 0.194 e. The minimum Gasteiger partial charge on any atom is -0.443 e. The molecule has 2 aromatic heterocycles. The zero-order chi connectivity index (χ0) is 13.4. The van der Waals surface area contributed by atoms with E-state index < -0.39 is 0 Å². The van der Waals surface area contributed by atoms with Crippen LogP contribution in [0.15, 0.2) is 40.8 Å². The number of hydrogen-bond donors (Lipinski definition) is 2. The SMILES string of the molecule is Cc1ccc(-c2c(N)n[nH]c2-c2ccc(Cl)o2)cc1. The lowest BCUT2D eigenvalue weighted by atomic mass is 10.0. The lowest BCUT2D eigenvalue weighted by Crippen LogP contribution is -1.88. The van der Waals surface area contributed by atoms with Crippen LogP contribution in [0.3, 0.4) is 0 Å². The number of aromatic amines is 1. The molecule has 0 atom stereocenters. The van der Waals surface area contributed by atoms with Crippen LogP contribution in [0.1, 0.15) is 5.56 Å². The van der Waals surface area contributed by atoms with Gasteiger partial charge in [0, 0.05) is 0 Å². The van der Waals surface area contributed by atoms with Crippen LogP contribution < -0.4 is 5.73 Å². The third-order valence-corrected chi connectivity index (χ3v) is 3.16. The van der Waals surface area contributed by atoms with Crippen molar-refractivity contribution in [2.45, 2.75) is 6.92 Å². The van der Waals surface area contributed by atoms with Gasteiger partial charge in [-0.25, -0.2) is 0 Å². The highest BCUT2D eigenvalue weighted by Crippen LogP contribution is 2.36. The molecular weight excluding hydrogens is 262 g/mol. The van der Waals surface area contributed by atoms with E-state index >= 15 is 0 Å².